The SMILES string of the molecule is CC(C)=NOCCCCOc1c(Cl)cc(OCC=C(F)F)cc1Br. The summed E-state index contributed by atoms with van der Waals surface area (Å²) in [6.07, 6.45) is 0.468. The maximum Gasteiger partial charge on any atom is 0.269 e. The Balaban J connectivity index is 2.43. The summed E-state index contributed by atoms with van der Waals surface area (Å²) < 4.78 is 35.3. The van der Waals surface area contributed by atoms with E-state index in [1.807, 2.05) is 13.8 Å². The largest absolute Gasteiger partial charge is 0.491 e. The van der Waals surface area contributed by atoms with Crippen molar-refractivity contribution in [3.8, 4) is 11.5 Å². The smallest absolute Gasteiger partial charge is 0.269 e. The molecular weight excluding hydrogens is 408 g/mol. The number of benzene rings is 1. The molecule has 0 atom stereocenters. The Kier molecular flexibility index (Phi) is 9.71. The lowest BCUT2D eigenvalue weighted by Crippen LogP contribution is -2.01. The highest BCUT2D eigenvalue weighted by atomic mass is 79.9. The van der Waals surface area contributed by atoms with Gasteiger partial charge in [0.1, 0.15) is 19.0 Å². The van der Waals surface area contributed by atoms with Crippen molar-refractivity contribution < 1.29 is 23.1 Å². The molecule has 0 fully saturated rings. The van der Waals surface area contributed by atoms with Crippen LogP contribution in [0.4, 0.5) is 8.78 Å². The molecule has 0 N–H and O–H groups in total. The second-order valence-corrected chi connectivity index (χ2v) is 6.21. The van der Waals surface area contributed by atoms with Crippen LogP contribution in [0.1, 0.15) is 26.7 Å². The van der Waals surface area contributed by atoms with Crippen molar-refractivity contribution in [2.75, 3.05) is 19.8 Å². The zero-order chi connectivity index (χ0) is 17.9. The summed E-state index contributed by atoms with van der Waals surface area (Å²) in [5, 5.41) is 4.18. The highest BCUT2D eigenvalue weighted by Crippen LogP contribution is 2.37. The highest BCUT2D eigenvalue weighted by Gasteiger charge is 2.10. The van der Waals surface area contributed by atoms with E-state index in [0.29, 0.717) is 40.3 Å². The number of rotatable bonds is 10. The average Bonchev–Trinajstić information content (AvgIpc) is 2.47. The monoisotopic (exact) mass is 425 g/mol. The van der Waals surface area contributed by atoms with Crippen molar-refractivity contribution >= 4 is 33.2 Å². The van der Waals surface area contributed by atoms with Gasteiger partial charge in [-0.3, -0.25) is 0 Å². The molecular formula is C16H19BrClF2NO3. The van der Waals surface area contributed by atoms with Crippen LogP contribution in [0.25, 0.3) is 0 Å². The lowest BCUT2D eigenvalue weighted by Gasteiger charge is -2.12. The van der Waals surface area contributed by atoms with Gasteiger partial charge in [0.2, 0.25) is 0 Å². The zero-order valence-electron chi connectivity index (χ0n) is 13.5. The van der Waals surface area contributed by atoms with Crippen molar-refractivity contribution in [3.63, 3.8) is 0 Å². The lowest BCUT2D eigenvalue weighted by atomic mass is 10.3. The topological polar surface area (TPSA) is 40.0 Å². The molecule has 0 saturated carbocycles. The molecule has 0 aliphatic heterocycles. The first kappa shape index (κ1) is 20.7. The van der Waals surface area contributed by atoms with Gasteiger partial charge in [-0.1, -0.05) is 16.8 Å². The second-order valence-electron chi connectivity index (χ2n) is 4.95. The molecule has 1 aromatic carbocycles. The molecule has 1 aromatic rings. The molecule has 4 nitrogen and oxygen atoms in total. The Morgan fingerprint density at radius 1 is 1.21 bits per heavy atom. The molecule has 24 heavy (non-hydrogen) atoms. The van der Waals surface area contributed by atoms with Gasteiger partial charge in [0.15, 0.2) is 5.75 Å². The third-order valence-corrected chi connectivity index (χ3v) is 3.45. The van der Waals surface area contributed by atoms with E-state index in [1.54, 1.807) is 6.07 Å². The normalized spacial score (nSPS) is 10.1. The van der Waals surface area contributed by atoms with Gasteiger partial charge in [-0.05, 0) is 48.7 Å². The fraction of sp³-hybridized carbons (Fsp3) is 0.438. The van der Waals surface area contributed by atoms with E-state index in [4.69, 9.17) is 25.9 Å². The summed E-state index contributed by atoms with van der Waals surface area (Å²) in [6.45, 7) is 4.48. The quantitative estimate of drug-likeness (QED) is 0.268. The molecule has 0 spiro atoms. The van der Waals surface area contributed by atoms with Crippen LogP contribution in [0.2, 0.25) is 5.02 Å². The van der Waals surface area contributed by atoms with E-state index in [1.165, 1.54) is 6.07 Å². The molecule has 0 unspecified atom stereocenters. The highest BCUT2D eigenvalue weighted by molar-refractivity contribution is 9.10. The van der Waals surface area contributed by atoms with E-state index < -0.39 is 6.08 Å². The predicted octanol–water partition coefficient (Wildman–Crippen LogP) is 5.83. The molecule has 0 aromatic heterocycles. The lowest BCUT2D eigenvalue weighted by molar-refractivity contribution is 0.135. The standard InChI is InChI=1S/C16H19BrClF2NO3/c1-11(2)21-24-7-4-3-6-23-16-13(17)9-12(10-14(16)18)22-8-5-15(19)20/h5,9-10H,3-4,6-8H2,1-2H3. The Morgan fingerprint density at radius 3 is 2.54 bits per heavy atom. The molecule has 134 valence electrons. The van der Waals surface area contributed by atoms with Gasteiger partial charge < -0.3 is 14.3 Å². The molecule has 0 bridgehead atoms. The molecule has 0 radical (unpaired) electrons. The van der Waals surface area contributed by atoms with Crippen LogP contribution in [0.15, 0.2) is 33.9 Å². The number of nitrogens with zero attached hydrogens (tertiary/aromatic N) is 1. The van der Waals surface area contributed by atoms with Gasteiger partial charge in [-0.15, -0.1) is 0 Å². The molecule has 0 aliphatic carbocycles. The van der Waals surface area contributed by atoms with Crippen LogP contribution in [-0.4, -0.2) is 25.5 Å². The first-order valence-electron chi connectivity index (χ1n) is 7.29. The van der Waals surface area contributed by atoms with Crippen molar-refractivity contribution in [1.82, 2.24) is 0 Å². The zero-order valence-corrected chi connectivity index (χ0v) is 15.8. The minimum atomic E-state index is -1.79. The Labute approximate surface area is 153 Å². The van der Waals surface area contributed by atoms with Crippen LogP contribution in [0.3, 0.4) is 0 Å². The van der Waals surface area contributed by atoms with Gasteiger partial charge >= 0.3 is 0 Å². The number of ether oxygens (including phenoxy) is 2. The molecule has 0 heterocycles. The first-order valence-corrected chi connectivity index (χ1v) is 8.46. The number of hydrogen-bond acceptors (Lipinski definition) is 4. The van der Waals surface area contributed by atoms with Crippen molar-refractivity contribution in [1.29, 1.82) is 0 Å². The molecule has 1 rings (SSSR count). The maximum atomic E-state index is 12.0. The minimum absolute atomic E-state index is 0.231. The number of hydrogen-bond donors (Lipinski definition) is 0. The van der Waals surface area contributed by atoms with E-state index in [2.05, 4.69) is 21.1 Å². The Hall–Kier alpha value is -1.34. The Morgan fingerprint density at radius 2 is 1.92 bits per heavy atom. The summed E-state index contributed by atoms with van der Waals surface area (Å²) >= 11 is 9.47. The summed E-state index contributed by atoms with van der Waals surface area (Å²) in [7, 11) is 0. The van der Waals surface area contributed by atoms with Crippen LogP contribution < -0.4 is 9.47 Å². The molecule has 0 saturated heterocycles. The minimum Gasteiger partial charge on any atom is -0.491 e. The molecule has 0 amide bonds. The van der Waals surface area contributed by atoms with E-state index in [9.17, 15) is 8.78 Å². The van der Waals surface area contributed by atoms with E-state index in [-0.39, 0.29) is 6.61 Å². The van der Waals surface area contributed by atoms with Gasteiger partial charge in [0.25, 0.3) is 6.08 Å². The third-order valence-electron chi connectivity index (χ3n) is 2.58. The van der Waals surface area contributed by atoms with Gasteiger partial charge in [0, 0.05) is 12.1 Å². The van der Waals surface area contributed by atoms with Crippen LogP contribution in [0, 0.1) is 0 Å². The maximum absolute atomic E-state index is 12.0. The van der Waals surface area contributed by atoms with Crippen LogP contribution in [-0.2, 0) is 4.84 Å². The molecule has 8 heteroatoms. The van der Waals surface area contributed by atoms with Crippen molar-refractivity contribution in [2.45, 2.75) is 26.7 Å². The predicted molar refractivity (Wildman–Crippen MR) is 94.4 cm³/mol. The molecule has 0 aliphatic rings. The third kappa shape index (κ3) is 8.49. The van der Waals surface area contributed by atoms with Crippen molar-refractivity contribution in [2.24, 2.45) is 5.16 Å². The summed E-state index contributed by atoms with van der Waals surface area (Å²) in [5.41, 5.74) is 0.869. The van der Waals surface area contributed by atoms with Gasteiger partial charge in [0.05, 0.1) is 21.8 Å². The fourth-order valence-corrected chi connectivity index (χ4v) is 2.51. The van der Waals surface area contributed by atoms with Crippen LogP contribution >= 0.6 is 27.5 Å². The summed E-state index contributed by atoms with van der Waals surface area (Å²) in [4.78, 5) is 5.09. The number of halogens is 4. The average molecular weight is 427 g/mol. The van der Waals surface area contributed by atoms with Crippen molar-refractivity contribution in [3.05, 3.63) is 33.8 Å². The van der Waals surface area contributed by atoms with Gasteiger partial charge in [-0.2, -0.15) is 8.78 Å². The fourth-order valence-electron chi connectivity index (χ4n) is 1.58. The number of oxime groups is 1. The van der Waals surface area contributed by atoms with E-state index in [0.717, 1.165) is 18.6 Å². The van der Waals surface area contributed by atoms with Crippen LogP contribution in [0.5, 0.6) is 11.5 Å². The Bertz CT molecular complexity index is 566. The summed E-state index contributed by atoms with van der Waals surface area (Å²) in [5.74, 6) is 0.859. The first-order chi connectivity index (χ1) is 11.4. The van der Waals surface area contributed by atoms with Gasteiger partial charge in [-0.25, -0.2) is 0 Å². The summed E-state index contributed by atoms with van der Waals surface area (Å²) in [6, 6.07) is 3.14. The second kappa shape index (κ2) is 11.3. The number of unbranched alkanes of at least 4 members (excludes halogenated alkanes) is 1. The van der Waals surface area contributed by atoms with E-state index >= 15 is 0 Å².